The summed E-state index contributed by atoms with van der Waals surface area (Å²) < 4.78 is 14.3. The van der Waals surface area contributed by atoms with E-state index in [2.05, 4.69) is 29.5 Å². The topological polar surface area (TPSA) is 39.2 Å². The van der Waals surface area contributed by atoms with Gasteiger partial charge in [-0.1, -0.05) is 13.0 Å². The van der Waals surface area contributed by atoms with Crippen molar-refractivity contribution in [2.75, 3.05) is 19.8 Å². The summed E-state index contributed by atoms with van der Waals surface area (Å²) in [4.78, 5) is 3.30. The Kier molecular flexibility index (Phi) is 3.56. The van der Waals surface area contributed by atoms with Gasteiger partial charge in [0.05, 0.1) is 24.3 Å². The zero-order valence-corrected chi connectivity index (χ0v) is 12.8. The molecule has 1 N–H and O–H groups in total. The molecule has 0 radical (unpaired) electrons. The molecule has 0 bridgehead atoms. The summed E-state index contributed by atoms with van der Waals surface area (Å²) >= 11 is 5.53. The SMILES string of the molecule is CCCOc1cccc2c1[nH]c(=S)n2C1(C)CCOC1. The molecule has 0 aliphatic carbocycles. The van der Waals surface area contributed by atoms with Crippen LogP contribution < -0.4 is 4.74 Å². The quantitative estimate of drug-likeness (QED) is 0.875. The van der Waals surface area contributed by atoms with Crippen LogP contribution in [0.2, 0.25) is 0 Å². The van der Waals surface area contributed by atoms with Gasteiger partial charge in [0.15, 0.2) is 4.77 Å². The molecule has 1 fully saturated rings. The van der Waals surface area contributed by atoms with Gasteiger partial charge in [-0.2, -0.15) is 0 Å². The second kappa shape index (κ2) is 5.22. The van der Waals surface area contributed by atoms with Crippen molar-refractivity contribution in [2.45, 2.75) is 32.2 Å². The number of H-pyrrole nitrogens is 1. The maximum atomic E-state index is 5.81. The molecule has 1 aliphatic rings. The number of ether oxygens (including phenoxy) is 2. The van der Waals surface area contributed by atoms with Gasteiger partial charge < -0.3 is 19.0 Å². The molecule has 1 aromatic carbocycles. The molecular formula is C15H20N2O2S. The second-order valence-corrected chi connectivity index (χ2v) is 5.95. The molecule has 0 saturated carbocycles. The summed E-state index contributed by atoms with van der Waals surface area (Å²) in [6, 6.07) is 6.09. The van der Waals surface area contributed by atoms with E-state index in [1.807, 2.05) is 12.1 Å². The number of hydrogen-bond acceptors (Lipinski definition) is 3. The van der Waals surface area contributed by atoms with Crippen LogP contribution in [0, 0.1) is 4.77 Å². The van der Waals surface area contributed by atoms with E-state index in [-0.39, 0.29) is 5.54 Å². The molecule has 108 valence electrons. The van der Waals surface area contributed by atoms with E-state index in [1.54, 1.807) is 0 Å². The van der Waals surface area contributed by atoms with Gasteiger partial charge in [-0.15, -0.1) is 0 Å². The van der Waals surface area contributed by atoms with Gasteiger partial charge in [0.2, 0.25) is 0 Å². The highest BCUT2D eigenvalue weighted by molar-refractivity contribution is 7.71. The highest BCUT2D eigenvalue weighted by Crippen LogP contribution is 2.33. The molecule has 1 saturated heterocycles. The predicted octanol–water partition coefficient (Wildman–Crippen LogP) is 3.62. The van der Waals surface area contributed by atoms with Crippen molar-refractivity contribution in [3.63, 3.8) is 0 Å². The maximum absolute atomic E-state index is 5.81. The predicted molar refractivity (Wildman–Crippen MR) is 82.0 cm³/mol. The van der Waals surface area contributed by atoms with Crippen molar-refractivity contribution in [1.29, 1.82) is 0 Å². The number of hydrogen-bond donors (Lipinski definition) is 1. The number of nitrogens with zero attached hydrogens (tertiary/aromatic N) is 1. The third-order valence-electron chi connectivity index (χ3n) is 3.88. The van der Waals surface area contributed by atoms with Gasteiger partial charge in [-0.3, -0.25) is 0 Å². The minimum Gasteiger partial charge on any atom is -0.491 e. The van der Waals surface area contributed by atoms with E-state index >= 15 is 0 Å². The van der Waals surface area contributed by atoms with Crippen LogP contribution >= 0.6 is 12.2 Å². The van der Waals surface area contributed by atoms with Crippen LogP contribution in [0.25, 0.3) is 11.0 Å². The molecule has 1 aromatic heterocycles. The summed E-state index contributed by atoms with van der Waals surface area (Å²) in [6.45, 7) is 6.50. The van der Waals surface area contributed by atoms with Crippen molar-refractivity contribution in [1.82, 2.24) is 9.55 Å². The number of fused-ring (bicyclic) bond motifs is 1. The fourth-order valence-electron chi connectivity index (χ4n) is 2.80. The van der Waals surface area contributed by atoms with Gasteiger partial charge >= 0.3 is 0 Å². The highest BCUT2D eigenvalue weighted by Gasteiger charge is 2.33. The molecule has 2 aromatic rings. The van der Waals surface area contributed by atoms with Crippen molar-refractivity contribution in [3.8, 4) is 5.75 Å². The van der Waals surface area contributed by atoms with E-state index in [0.717, 1.165) is 41.0 Å². The molecule has 20 heavy (non-hydrogen) atoms. The normalized spacial score (nSPS) is 22.5. The molecule has 5 heteroatoms. The average Bonchev–Trinajstić information content (AvgIpc) is 3.00. The zero-order chi connectivity index (χ0) is 14.2. The van der Waals surface area contributed by atoms with Crippen molar-refractivity contribution in [2.24, 2.45) is 0 Å². The first-order chi connectivity index (χ1) is 9.65. The van der Waals surface area contributed by atoms with E-state index < -0.39 is 0 Å². The standard InChI is InChI=1S/C15H20N2O2S/c1-3-8-19-12-6-4-5-11-13(12)16-14(20)17(11)15(2)7-9-18-10-15/h4-6H,3,7-10H2,1-2H3,(H,16,20). The summed E-state index contributed by atoms with van der Waals surface area (Å²) in [5.41, 5.74) is 2.01. The lowest BCUT2D eigenvalue weighted by molar-refractivity contribution is 0.162. The van der Waals surface area contributed by atoms with E-state index in [9.17, 15) is 0 Å². The second-order valence-electron chi connectivity index (χ2n) is 5.56. The smallest absolute Gasteiger partial charge is 0.178 e. The van der Waals surface area contributed by atoms with E-state index in [1.165, 1.54) is 0 Å². The van der Waals surface area contributed by atoms with Gasteiger partial charge in [0.25, 0.3) is 0 Å². The number of imidazole rings is 1. The molecular weight excluding hydrogens is 272 g/mol. The summed E-state index contributed by atoms with van der Waals surface area (Å²) in [5, 5.41) is 0. The first-order valence-corrected chi connectivity index (χ1v) is 7.51. The summed E-state index contributed by atoms with van der Waals surface area (Å²) in [6.07, 6.45) is 1.97. The average molecular weight is 292 g/mol. The molecule has 1 unspecified atom stereocenters. The maximum Gasteiger partial charge on any atom is 0.178 e. The lowest BCUT2D eigenvalue weighted by atomic mass is 10.0. The van der Waals surface area contributed by atoms with Crippen molar-refractivity contribution < 1.29 is 9.47 Å². The Morgan fingerprint density at radius 1 is 1.50 bits per heavy atom. The Morgan fingerprint density at radius 3 is 3.05 bits per heavy atom. The van der Waals surface area contributed by atoms with Crippen LogP contribution in [-0.2, 0) is 10.3 Å². The van der Waals surface area contributed by atoms with E-state index in [4.69, 9.17) is 21.7 Å². The van der Waals surface area contributed by atoms with Crippen LogP contribution in [0.1, 0.15) is 26.7 Å². The van der Waals surface area contributed by atoms with Crippen molar-refractivity contribution in [3.05, 3.63) is 23.0 Å². The summed E-state index contributed by atoms with van der Waals surface area (Å²) in [5.74, 6) is 0.872. The third-order valence-corrected chi connectivity index (χ3v) is 4.16. The molecule has 1 atom stereocenters. The Hall–Kier alpha value is -1.33. The van der Waals surface area contributed by atoms with Crippen LogP contribution in [0.15, 0.2) is 18.2 Å². The number of aromatic nitrogens is 2. The van der Waals surface area contributed by atoms with Crippen LogP contribution in [-0.4, -0.2) is 29.4 Å². The third kappa shape index (κ3) is 2.15. The van der Waals surface area contributed by atoms with Crippen LogP contribution in [0.3, 0.4) is 0 Å². The Balaban J connectivity index is 2.14. The number of rotatable bonds is 4. The van der Waals surface area contributed by atoms with Gasteiger partial charge in [-0.05, 0) is 44.1 Å². The molecule has 1 aliphatic heterocycles. The zero-order valence-electron chi connectivity index (χ0n) is 11.9. The van der Waals surface area contributed by atoms with Crippen LogP contribution in [0.4, 0.5) is 0 Å². The fourth-order valence-corrected chi connectivity index (χ4v) is 3.23. The molecule has 4 nitrogen and oxygen atoms in total. The lowest BCUT2D eigenvalue weighted by Gasteiger charge is -2.24. The molecule has 0 amide bonds. The highest BCUT2D eigenvalue weighted by atomic mass is 32.1. The monoisotopic (exact) mass is 292 g/mol. The Morgan fingerprint density at radius 2 is 2.35 bits per heavy atom. The summed E-state index contributed by atoms with van der Waals surface area (Å²) in [7, 11) is 0. The van der Waals surface area contributed by atoms with Crippen molar-refractivity contribution >= 4 is 23.3 Å². The minimum atomic E-state index is -0.0707. The van der Waals surface area contributed by atoms with Gasteiger partial charge in [0.1, 0.15) is 11.3 Å². The molecule has 3 rings (SSSR count). The largest absolute Gasteiger partial charge is 0.491 e. The Labute approximate surface area is 123 Å². The molecule has 2 heterocycles. The van der Waals surface area contributed by atoms with Gasteiger partial charge in [-0.25, -0.2) is 0 Å². The first kappa shape index (κ1) is 13.6. The van der Waals surface area contributed by atoms with Crippen LogP contribution in [0.5, 0.6) is 5.75 Å². The Bertz CT molecular complexity index is 668. The number of aromatic amines is 1. The number of benzene rings is 1. The first-order valence-electron chi connectivity index (χ1n) is 7.10. The molecule has 0 spiro atoms. The minimum absolute atomic E-state index is 0.0707. The fraction of sp³-hybridized carbons (Fsp3) is 0.533. The number of nitrogens with one attached hydrogen (secondary N) is 1. The number of para-hydroxylation sites is 1. The van der Waals surface area contributed by atoms with Gasteiger partial charge in [0, 0.05) is 6.61 Å². The lowest BCUT2D eigenvalue weighted by Crippen LogP contribution is -2.30. The van der Waals surface area contributed by atoms with E-state index in [0.29, 0.717) is 13.2 Å².